The van der Waals surface area contributed by atoms with Crippen molar-refractivity contribution in [1.29, 1.82) is 0 Å². The van der Waals surface area contributed by atoms with Gasteiger partial charge in [-0.2, -0.15) is 0 Å². The van der Waals surface area contributed by atoms with Gasteiger partial charge in [0.25, 0.3) is 11.6 Å². The summed E-state index contributed by atoms with van der Waals surface area (Å²) in [6.07, 6.45) is 5.64. The normalized spacial score (nSPS) is 32.1. The minimum atomic E-state index is -0.630. The highest BCUT2D eigenvalue weighted by Crippen LogP contribution is 2.62. The second kappa shape index (κ2) is 7.09. The second-order valence-corrected chi connectivity index (χ2v) is 9.33. The van der Waals surface area contributed by atoms with E-state index >= 15 is 0 Å². The van der Waals surface area contributed by atoms with E-state index in [-0.39, 0.29) is 17.5 Å². The highest BCUT2D eigenvalue weighted by molar-refractivity contribution is 5.93. The summed E-state index contributed by atoms with van der Waals surface area (Å²) in [4.78, 5) is 34.8. The number of amides is 1. The fraction of sp³-hybridized carbons (Fsp3) is 0.619. The Labute approximate surface area is 168 Å². The Kier molecular flexibility index (Phi) is 4.85. The maximum Gasteiger partial charge on any atom is 0.306 e. The molecule has 1 aromatic rings. The monoisotopic (exact) mass is 402 g/mol. The third-order valence-electron chi connectivity index (χ3n) is 6.73. The molecule has 4 aliphatic carbocycles. The summed E-state index contributed by atoms with van der Waals surface area (Å²) in [6.45, 7) is 1.26. The molecule has 29 heavy (non-hydrogen) atoms. The van der Waals surface area contributed by atoms with Crippen LogP contribution >= 0.6 is 0 Å². The number of ether oxygens (including phenoxy) is 1. The number of rotatable bonds is 6. The zero-order valence-corrected chi connectivity index (χ0v) is 16.5. The molecule has 4 atom stereocenters. The molecule has 4 saturated carbocycles. The zero-order valence-electron chi connectivity index (χ0n) is 16.5. The van der Waals surface area contributed by atoms with Crippen molar-refractivity contribution in [2.75, 3.05) is 11.9 Å². The summed E-state index contributed by atoms with van der Waals surface area (Å²) < 4.78 is 5.21. The van der Waals surface area contributed by atoms with E-state index in [9.17, 15) is 24.8 Å². The van der Waals surface area contributed by atoms with Gasteiger partial charge in [-0.25, -0.2) is 0 Å². The van der Waals surface area contributed by atoms with Crippen molar-refractivity contribution < 1.29 is 24.4 Å². The lowest BCUT2D eigenvalue weighted by Gasteiger charge is -2.60. The Morgan fingerprint density at radius 3 is 2.55 bits per heavy atom. The molecule has 0 radical (unpaired) electrons. The lowest BCUT2D eigenvalue weighted by atomic mass is 9.47. The predicted octanol–water partition coefficient (Wildman–Crippen LogP) is 3.11. The van der Waals surface area contributed by atoms with Crippen LogP contribution in [0.25, 0.3) is 0 Å². The van der Waals surface area contributed by atoms with Gasteiger partial charge < -0.3 is 15.2 Å². The SMILES string of the molecule is Cc1cc([N+](=O)[O-])ccc1NC(=O)COC(=O)CC12C[C@@H]3C[C@@H](CC(O)(C3)C1)C2. The van der Waals surface area contributed by atoms with Gasteiger partial charge in [0.05, 0.1) is 16.9 Å². The Bertz CT molecular complexity index is 853. The molecule has 0 saturated heterocycles. The van der Waals surface area contributed by atoms with Crippen LogP contribution in [0.15, 0.2) is 18.2 Å². The number of carbonyl (C=O) groups is 2. The van der Waals surface area contributed by atoms with Crippen molar-refractivity contribution in [2.24, 2.45) is 17.3 Å². The molecule has 1 amide bonds. The van der Waals surface area contributed by atoms with Crippen LogP contribution in [0.3, 0.4) is 0 Å². The third-order valence-corrected chi connectivity index (χ3v) is 6.73. The first kappa shape index (κ1) is 19.8. The molecule has 156 valence electrons. The number of nitrogens with zero attached hydrogens (tertiary/aromatic N) is 1. The molecule has 0 heterocycles. The molecular formula is C21H26N2O6. The van der Waals surface area contributed by atoms with E-state index < -0.39 is 29.0 Å². The minimum absolute atomic E-state index is 0.0517. The van der Waals surface area contributed by atoms with Crippen LogP contribution in [0.1, 0.15) is 50.5 Å². The Balaban J connectivity index is 1.30. The second-order valence-electron chi connectivity index (χ2n) is 9.33. The molecule has 0 aromatic heterocycles. The van der Waals surface area contributed by atoms with Gasteiger partial charge in [-0.15, -0.1) is 0 Å². The maximum absolute atomic E-state index is 12.4. The lowest BCUT2D eigenvalue weighted by molar-refractivity contribution is -0.384. The summed E-state index contributed by atoms with van der Waals surface area (Å²) in [7, 11) is 0. The molecule has 4 bridgehead atoms. The van der Waals surface area contributed by atoms with Crippen molar-refractivity contribution in [2.45, 2.75) is 57.5 Å². The van der Waals surface area contributed by atoms with Crippen molar-refractivity contribution in [1.82, 2.24) is 0 Å². The number of anilines is 1. The van der Waals surface area contributed by atoms with Crippen LogP contribution < -0.4 is 5.32 Å². The van der Waals surface area contributed by atoms with Gasteiger partial charge in [0.15, 0.2) is 6.61 Å². The molecule has 0 aliphatic heterocycles. The van der Waals surface area contributed by atoms with Gasteiger partial charge in [0.1, 0.15) is 0 Å². The Hall–Kier alpha value is -2.48. The number of aliphatic hydroxyl groups is 1. The number of non-ortho nitro benzene ring substituents is 1. The molecule has 2 N–H and O–H groups in total. The fourth-order valence-corrected chi connectivity index (χ4v) is 6.20. The largest absolute Gasteiger partial charge is 0.456 e. The predicted molar refractivity (Wildman–Crippen MR) is 104 cm³/mol. The Morgan fingerprint density at radius 2 is 1.97 bits per heavy atom. The van der Waals surface area contributed by atoms with Crippen molar-refractivity contribution in [3.05, 3.63) is 33.9 Å². The van der Waals surface area contributed by atoms with E-state index in [4.69, 9.17) is 4.74 Å². The first-order valence-electron chi connectivity index (χ1n) is 10.1. The summed E-state index contributed by atoms with van der Waals surface area (Å²) in [5.41, 5.74) is 0.126. The molecule has 1 aromatic carbocycles. The number of nitrogens with one attached hydrogen (secondary N) is 1. The highest BCUT2D eigenvalue weighted by atomic mass is 16.6. The number of benzene rings is 1. The van der Waals surface area contributed by atoms with Crippen LogP contribution in [-0.2, 0) is 14.3 Å². The van der Waals surface area contributed by atoms with Crippen molar-refractivity contribution in [3.63, 3.8) is 0 Å². The average molecular weight is 402 g/mol. The first-order chi connectivity index (χ1) is 13.7. The zero-order chi connectivity index (χ0) is 20.8. The Morgan fingerprint density at radius 1 is 1.28 bits per heavy atom. The topological polar surface area (TPSA) is 119 Å². The van der Waals surface area contributed by atoms with Crippen LogP contribution in [-0.4, -0.2) is 34.1 Å². The third kappa shape index (κ3) is 4.12. The van der Waals surface area contributed by atoms with E-state index in [0.29, 0.717) is 29.5 Å². The summed E-state index contributed by atoms with van der Waals surface area (Å²) in [6, 6.07) is 4.15. The number of aryl methyl sites for hydroxylation is 1. The number of hydrogen-bond acceptors (Lipinski definition) is 6. The maximum atomic E-state index is 12.4. The van der Waals surface area contributed by atoms with Gasteiger partial charge in [-0.3, -0.25) is 19.7 Å². The van der Waals surface area contributed by atoms with E-state index in [2.05, 4.69) is 5.32 Å². The summed E-state index contributed by atoms with van der Waals surface area (Å²) >= 11 is 0. The van der Waals surface area contributed by atoms with Gasteiger partial charge >= 0.3 is 5.97 Å². The summed E-state index contributed by atoms with van der Waals surface area (Å²) in [5.74, 6) is 0.0792. The van der Waals surface area contributed by atoms with Crippen LogP contribution in [0.4, 0.5) is 11.4 Å². The van der Waals surface area contributed by atoms with E-state index in [1.165, 1.54) is 18.2 Å². The summed E-state index contributed by atoms with van der Waals surface area (Å²) in [5, 5.41) is 24.2. The van der Waals surface area contributed by atoms with Crippen molar-refractivity contribution in [3.8, 4) is 0 Å². The first-order valence-corrected chi connectivity index (χ1v) is 10.1. The molecule has 4 fully saturated rings. The smallest absolute Gasteiger partial charge is 0.306 e. The molecule has 8 nitrogen and oxygen atoms in total. The molecule has 4 aliphatic rings. The number of nitro groups is 1. The molecule has 8 heteroatoms. The van der Waals surface area contributed by atoms with E-state index in [1.807, 2.05) is 0 Å². The quantitative estimate of drug-likeness (QED) is 0.429. The number of nitro benzene ring substituents is 1. The molecular weight excluding hydrogens is 376 g/mol. The van der Waals surface area contributed by atoms with Crippen LogP contribution in [0, 0.1) is 34.3 Å². The lowest BCUT2D eigenvalue weighted by Crippen LogP contribution is -2.56. The molecule has 2 unspecified atom stereocenters. The van der Waals surface area contributed by atoms with E-state index in [0.717, 1.165) is 32.1 Å². The standard InChI is InChI=1S/C21H26N2O6/c1-13-4-16(23(27)28)2-3-17(13)22-18(24)11-29-19(25)10-20-6-14-5-15(7-20)9-21(26,8-14)12-20/h2-4,14-15,26H,5-12H2,1H3,(H,22,24)/t14-,15+,20?,21?. The van der Waals surface area contributed by atoms with Gasteiger partial charge in [-0.1, -0.05) is 0 Å². The van der Waals surface area contributed by atoms with Gasteiger partial charge in [0.2, 0.25) is 0 Å². The van der Waals surface area contributed by atoms with Crippen LogP contribution in [0.2, 0.25) is 0 Å². The minimum Gasteiger partial charge on any atom is -0.456 e. The number of carbonyl (C=O) groups excluding carboxylic acids is 2. The number of esters is 1. The van der Waals surface area contributed by atoms with Crippen LogP contribution in [0.5, 0.6) is 0 Å². The van der Waals surface area contributed by atoms with E-state index in [1.54, 1.807) is 6.92 Å². The van der Waals surface area contributed by atoms with Gasteiger partial charge in [0, 0.05) is 17.8 Å². The molecule has 0 spiro atoms. The number of hydrogen-bond donors (Lipinski definition) is 2. The fourth-order valence-electron chi connectivity index (χ4n) is 6.20. The molecule has 5 rings (SSSR count). The average Bonchev–Trinajstić information content (AvgIpc) is 2.59. The highest BCUT2D eigenvalue weighted by Gasteiger charge is 2.57. The van der Waals surface area contributed by atoms with Gasteiger partial charge in [-0.05, 0) is 74.3 Å². The van der Waals surface area contributed by atoms with Crippen molar-refractivity contribution >= 4 is 23.3 Å².